The first kappa shape index (κ1) is 26.1. The Morgan fingerprint density at radius 2 is 1.98 bits per heavy atom. The van der Waals surface area contributed by atoms with Gasteiger partial charge in [-0.1, -0.05) is 56.0 Å². The van der Waals surface area contributed by atoms with Gasteiger partial charge in [0, 0.05) is 42.1 Å². The highest BCUT2D eigenvalue weighted by atomic mass is 16.5. The lowest BCUT2D eigenvalue weighted by atomic mass is 9.90. The van der Waals surface area contributed by atoms with Crippen LogP contribution in [0.2, 0.25) is 0 Å². The predicted molar refractivity (Wildman–Crippen MR) is 148 cm³/mol. The molecule has 10 heteroatoms. The summed E-state index contributed by atoms with van der Waals surface area (Å²) >= 11 is 0. The lowest BCUT2D eigenvalue weighted by molar-refractivity contribution is 0.0954. The van der Waals surface area contributed by atoms with Crippen LogP contribution in [0, 0.1) is 11.8 Å². The Morgan fingerprint density at radius 1 is 1.12 bits per heavy atom. The van der Waals surface area contributed by atoms with Crippen LogP contribution in [0.5, 0.6) is 5.88 Å². The zero-order chi connectivity index (χ0) is 27.5. The molecule has 1 aliphatic carbocycles. The molecule has 1 saturated carbocycles. The molecule has 5 aromatic rings. The second kappa shape index (κ2) is 11.5. The van der Waals surface area contributed by atoms with Crippen molar-refractivity contribution >= 4 is 22.2 Å². The highest BCUT2D eigenvalue weighted by molar-refractivity contribution is 5.97. The van der Waals surface area contributed by atoms with Crippen LogP contribution < -0.4 is 4.74 Å². The summed E-state index contributed by atoms with van der Waals surface area (Å²) in [5.41, 5.74) is 2.43. The molecular formula is C30H32N6O4. The zero-order valence-electron chi connectivity index (χ0n) is 22.7. The fourth-order valence-electron chi connectivity index (χ4n) is 5.18. The Labute approximate surface area is 231 Å². The van der Waals surface area contributed by atoms with E-state index in [2.05, 4.69) is 27.3 Å². The van der Waals surface area contributed by atoms with Gasteiger partial charge in [0.05, 0.1) is 5.69 Å². The molecule has 10 nitrogen and oxygen atoms in total. The number of pyridine rings is 1. The topological polar surface area (TPSA) is 118 Å². The molecule has 0 spiro atoms. The summed E-state index contributed by atoms with van der Waals surface area (Å²) < 4.78 is 18.2. The van der Waals surface area contributed by atoms with Gasteiger partial charge in [0.25, 0.3) is 0 Å². The number of ketones is 1. The van der Waals surface area contributed by atoms with Crippen molar-refractivity contribution in [1.29, 1.82) is 0 Å². The lowest BCUT2D eigenvalue weighted by Crippen LogP contribution is -2.11. The van der Waals surface area contributed by atoms with Crippen LogP contribution in [0.1, 0.15) is 67.3 Å². The molecule has 0 radical (unpaired) electrons. The van der Waals surface area contributed by atoms with Crippen LogP contribution in [0.4, 0.5) is 0 Å². The smallest absolute Gasteiger partial charge is 0.240 e. The summed E-state index contributed by atoms with van der Waals surface area (Å²) in [6.07, 6.45) is 8.27. The van der Waals surface area contributed by atoms with Gasteiger partial charge in [-0.25, -0.2) is 0 Å². The monoisotopic (exact) mass is 540 g/mol. The Bertz CT molecular complexity index is 1620. The fourth-order valence-corrected chi connectivity index (χ4v) is 5.18. The van der Waals surface area contributed by atoms with E-state index in [9.17, 15) is 4.79 Å². The van der Waals surface area contributed by atoms with E-state index >= 15 is 0 Å². The molecule has 1 unspecified atom stereocenters. The molecule has 0 amide bonds. The maximum absolute atomic E-state index is 12.9. The number of fused-ring (bicyclic) bond motifs is 3. The molecule has 1 aromatic carbocycles. The van der Waals surface area contributed by atoms with E-state index in [4.69, 9.17) is 19.1 Å². The number of carbonyl (C=O) groups is 1. The van der Waals surface area contributed by atoms with Gasteiger partial charge in [-0.05, 0) is 36.5 Å². The van der Waals surface area contributed by atoms with E-state index in [0.29, 0.717) is 59.0 Å². The van der Waals surface area contributed by atoms with Crippen molar-refractivity contribution in [2.45, 2.75) is 58.7 Å². The van der Waals surface area contributed by atoms with Crippen molar-refractivity contribution in [3.63, 3.8) is 0 Å². The van der Waals surface area contributed by atoms with E-state index in [1.54, 1.807) is 23.9 Å². The van der Waals surface area contributed by atoms with Crippen LogP contribution in [0.3, 0.4) is 0 Å². The maximum atomic E-state index is 12.9. The van der Waals surface area contributed by atoms with Gasteiger partial charge < -0.3 is 14.0 Å². The Balaban J connectivity index is 1.20. The van der Waals surface area contributed by atoms with Gasteiger partial charge in [-0.2, -0.15) is 4.52 Å². The molecule has 1 atom stereocenters. The zero-order valence-corrected chi connectivity index (χ0v) is 22.7. The summed E-state index contributed by atoms with van der Waals surface area (Å²) in [6, 6.07) is 13.2. The number of ether oxygens (including phenoxy) is 2. The highest BCUT2D eigenvalue weighted by Crippen LogP contribution is 2.38. The van der Waals surface area contributed by atoms with Crippen LogP contribution in [0.25, 0.3) is 27.9 Å². The standard InChI is InChI=1S/C30H32N6O4/c1-3-6-20(13-19-9-10-19)14-27(37)21-11-12-22(31-16-21)17-39-30-25-8-5-4-7-24(25)28-32-33-29(36(28)34-30)26-15-23(18-38-2)40-35-26/h4-5,7-8,11-12,15-16,19-20H,3,6,9-10,13-14,17-18H2,1-2H3. The molecule has 4 heterocycles. The number of rotatable bonds is 13. The number of methoxy groups -OCH3 is 1. The second-order valence-electron chi connectivity index (χ2n) is 10.5. The van der Waals surface area contributed by atoms with Gasteiger partial charge in [0.15, 0.2) is 22.9 Å². The molecule has 4 aromatic heterocycles. The van der Waals surface area contributed by atoms with Crippen molar-refractivity contribution in [2.75, 3.05) is 7.11 Å². The van der Waals surface area contributed by atoms with Crippen LogP contribution >= 0.6 is 0 Å². The number of hydrogen-bond acceptors (Lipinski definition) is 9. The molecule has 6 rings (SSSR count). The van der Waals surface area contributed by atoms with Crippen LogP contribution in [-0.2, 0) is 18.0 Å². The first-order chi connectivity index (χ1) is 19.6. The fraction of sp³-hybridized carbons (Fsp3) is 0.400. The van der Waals surface area contributed by atoms with Crippen LogP contribution in [0.15, 0.2) is 53.2 Å². The third kappa shape index (κ3) is 5.58. The molecule has 40 heavy (non-hydrogen) atoms. The molecule has 1 fully saturated rings. The quantitative estimate of drug-likeness (QED) is 0.170. The maximum Gasteiger partial charge on any atom is 0.240 e. The number of Topliss-reactive ketones (excluding diaryl/α,β-unsaturated/α-hetero) is 1. The number of nitrogens with zero attached hydrogens (tertiary/aromatic N) is 6. The Hall–Kier alpha value is -4.18. The summed E-state index contributed by atoms with van der Waals surface area (Å²) in [5, 5.41) is 19.1. The van der Waals surface area contributed by atoms with Crippen molar-refractivity contribution in [3.05, 3.63) is 65.7 Å². The SMILES string of the molecule is CCCC(CC(=O)c1ccc(COc2nn3c(-c4cc(COC)on4)nnc3c3ccccc23)nc1)CC1CC1. The molecule has 0 saturated heterocycles. The van der Waals surface area contributed by atoms with E-state index in [-0.39, 0.29) is 12.4 Å². The average molecular weight is 541 g/mol. The molecule has 0 aliphatic heterocycles. The lowest BCUT2D eigenvalue weighted by Gasteiger charge is -2.15. The van der Waals surface area contributed by atoms with Crippen molar-refractivity contribution in [1.82, 2.24) is 30.0 Å². The normalized spacial score (nSPS) is 14.2. The second-order valence-corrected chi connectivity index (χ2v) is 10.5. The molecular weight excluding hydrogens is 508 g/mol. The number of carbonyl (C=O) groups excluding carboxylic acids is 1. The highest BCUT2D eigenvalue weighted by Gasteiger charge is 2.26. The molecule has 206 valence electrons. The van der Waals surface area contributed by atoms with Crippen molar-refractivity contribution < 1.29 is 18.8 Å². The van der Waals surface area contributed by atoms with Gasteiger partial charge in [0.1, 0.15) is 13.2 Å². The van der Waals surface area contributed by atoms with Crippen LogP contribution in [-0.4, -0.2) is 42.8 Å². The minimum atomic E-state index is 0.166. The first-order valence-corrected chi connectivity index (χ1v) is 13.8. The number of hydrogen-bond donors (Lipinski definition) is 0. The summed E-state index contributed by atoms with van der Waals surface area (Å²) in [4.78, 5) is 17.5. The third-order valence-corrected chi connectivity index (χ3v) is 7.34. The summed E-state index contributed by atoms with van der Waals surface area (Å²) in [6.45, 7) is 2.68. The molecule has 0 N–H and O–H groups in total. The van der Waals surface area contributed by atoms with Crippen molar-refractivity contribution in [3.8, 4) is 17.4 Å². The summed E-state index contributed by atoms with van der Waals surface area (Å²) in [5.74, 6) is 2.87. The first-order valence-electron chi connectivity index (χ1n) is 13.8. The number of aromatic nitrogens is 6. The minimum absolute atomic E-state index is 0.166. The Kier molecular flexibility index (Phi) is 7.50. The van der Waals surface area contributed by atoms with E-state index < -0.39 is 0 Å². The van der Waals surface area contributed by atoms with E-state index in [1.165, 1.54) is 19.3 Å². The number of benzene rings is 1. The van der Waals surface area contributed by atoms with Crippen molar-refractivity contribution in [2.24, 2.45) is 11.8 Å². The third-order valence-electron chi connectivity index (χ3n) is 7.34. The average Bonchev–Trinajstić information content (AvgIpc) is 3.49. The molecule has 1 aliphatic rings. The van der Waals surface area contributed by atoms with Gasteiger partial charge in [-0.15, -0.1) is 15.3 Å². The summed E-state index contributed by atoms with van der Waals surface area (Å²) in [7, 11) is 1.59. The Morgan fingerprint density at radius 3 is 2.73 bits per heavy atom. The van der Waals surface area contributed by atoms with Gasteiger partial charge >= 0.3 is 0 Å². The largest absolute Gasteiger partial charge is 0.470 e. The molecule has 0 bridgehead atoms. The van der Waals surface area contributed by atoms with Gasteiger partial charge in [-0.3, -0.25) is 9.78 Å². The van der Waals surface area contributed by atoms with E-state index in [1.807, 2.05) is 36.4 Å². The van der Waals surface area contributed by atoms with E-state index in [0.717, 1.165) is 29.5 Å². The minimum Gasteiger partial charge on any atom is -0.470 e. The predicted octanol–water partition coefficient (Wildman–Crippen LogP) is 5.84. The van der Waals surface area contributed by atoms with Gasteiger partial charge in [0.2, 0.25) is 11.7 Å².